The Bertz CT molecular complexity index is 899. The molecule has 7 nitrogen and oxygen atoms in total. The van der Waals surface area contributed by atoms with E-state index in [0.29, 0.717) is 36.0 Å². The van der Waals surface area contributed by atoms with Crippen molar-refractivity contribution in [3.8, 4) is 23.0 Å². The molecule has 0 radical (unpaired) electrons. The molecule has 4 rings (SSSR count). The smallest absolute Gasteiger partial charge is 0.320 e. The first-order chi connectivity index (χ1) is 14.1. The molecule has 2 aliphatic rings. The molecular weight excluding hydrogens is 374 g/mol. The molecule has 0 aromatic heterocycles. The van der Waals surface area contributed by atoms with E-state index in [1.807, 2.05) is 36.4 Å². The number of ether oxygens (including phenoxy) is 4. The van der Waals surface area contributed by atoms with Gasteiger partial charge in [-0.3, -0.25) is 9.69 Å². The van der Waals surface area contributed by atoms with Crippen LogP contribution in [-0.4, -0.2) is 49.6 Å². The number of carbonyl (C=O) groups is 1. The van der Waals surface area contributed by atoms with Gasteiger partial charge in [-0.25, -0.2) is 0 Å². The van der Waals surface area contributed by atoms with E-state index in [1.54, 1.807) is 14.2 Å². The van der Waals surface area contributed by atoms with Crippen LogP contribution < -0.4 is 18.9 Å². The molecule has 1 saturated heterocycles. The molecule has 7 heteroatoms. The van der Waals surface area contributed by atoms with Gasteiger partial charge in [0.2, 0.25) is 6.79 Å². The zero-order valence-corrected chi connectivity index (χ0v) is 16.6. The van der Waals surface area contributed by atoms with Gasteiger partial charge in [0.25, 0.3) is 0 Å². The van der Waals surface area contributed by atoms with Crippen molar-refractivity contribution in [2.24, 2.45) is 0 Å². The monoisotopic (exact) mass is 399 g/mol. The molecule has 2 aliphatic heterocycles. The van der Waals surface area contributed by atoms with Gasteiger partial charge in [-0.1, -0.05) is 18.6 Å². The number of methoxy groups -OCH3 is 2. The molecule has 2 unspecified atom stereocenters. The van der Waals surface area contributed by atoms with Crippen LogP contribution in [0.5, 0.6) is 23.0 Å². The standard InChI is InChI=1S/C22H25NO6/c1-26-17-8-6-14(11-19(17)27-2)21(23-10-4-3-5-16(23)22(24)25)15-7-9-18-20(12-15)29-13-28-18/h6-9,11-12,16,21H,3-5,10,13H2,1-2H3,(H,24,25). The third-order valence-corrected chi connectivity index (χ3v) is 5.60. The van der Waals surface area contributed by atoms with E-state index in [0.717, 1.165) is 24.0 Å². The van der Waals surface area contributed by atoms with Crippen molar-refractivity contribution < 1.29 is 28.8 Å². The first-order valence-electron chi connectivity index (χ1n) is 9.72. The van der Waals surface area contributed by atoms with Gasteiger partial charge in [-0.05, 0) is 54.8 Å². The number of carboxylic acid groups (broad SMARTS) is 1. The van der Waals surface area contributed by atoms with Gasteiger partial charge in [-0.15, -0.1) is 0 Å². The van der Waals surface area contributed by atoms with Crippen LogP contribution in [0.2, 0.25) is 0 Å². The first-order valence-corrected chi connectivity index (χ1v) is 9.72. The van der Waals surface area contributed by atoms with E-state index < -0.39 is 12.0 Å². The van der Waals surface area contributed by atoms with Gasteiger partial charge < -0.3 is 24.1 Å². The van der Waals surface area contributed by atoms with Gasteiger partial charge in [0.05, 0.1) is 20.3 Å². The summed E-state index contributed by atoms with van der Waals surface area (Å²) in [5, 5.41) is 9.86. The van der Waals surface area contributed by atoms with Crippen molar-refractivity contribution in [3.05, 3.63) is 47.5 Å². The Morgan fingerprint density at radius 2 is 1.76 bits per heavy atom. The predicted molar refractivity (Wildman–Crippen MR) is 106 cm³/mol. The molecule has 2 atom stereocenters. The van der Waals surface area contributed by atoms with Crippen LogP contribution in [0.4, 0.5) is 0 Å². The van der Waals surface area contributed by atoms with E-state index in [2.05, 4.69) is 4.90 Å². The Morgan fingerprint density at radius 1 is 1.03 bits per heavy atom. The molecule has 1 N–H and O–H groups in total. The minimum absolute atomic E-state index is 0.196. The summed E-state index contributed by atoms with van der Waals surface area (Å²) >= 11 is 0. The third kappa shape index (κ3) is 3.70. The molecule has 2 heterocycles. The fourth-order valence-electron chi connectivity index (χ4n) is 4.21. The van der Waals surface area contributed by atoms with Crippen molar-refractivity contribution in [1.29, 1.82) is 0 Å². The lowest BCUT2D eigenvalue weighted by molar-refractivity contribution is -0.145. The Balaban J connectivity index is 1.82. The average molecular weight is 399 g/mol. The van der Waals surface area contributed by atoms with Gasteiger partial charge in [-0.2, -0.15) is 0 Å². The van der Waals surface area contributed by atoms with Crippen LogP contribution in [0.3, 0.4) is 0 Å². The quantitative estimate of drug-likeness (QED) is 0.797. The lowest BCUT2D eigenvalue weighted by atomic mass is 9.91. The molecule has 2 aromatic carbocycles. The zero-order chi connectivity index (χ0) is 20.4. The number of piperidine rings is 1. The summed E-state index contributed by atoms with van der Waals surface area (Å²) in [6, 6.07) is 10.7. The summed E-state index contributed by atoms with van der Waals surface area (Å²) in [5.74, 6) is 1.83. The molecule has 29 heavy (non-hydrogen) atoms. The number of aliphatic carboxylic acids is 1. The minimum atomic E-state index is -0.795. The predicted octanol–water partition coefficient (Wildman–Crippen LogP) is 3.46. The average Bonchev–Trinajstić information content (AvgIpc) is 3.22. The fraction of sp³-hybridized carbons (Fsp3) is 0.409. The van der Waals surface area contributed by atoms with Crippen molar-refractivity contribution in [2.75, 3.05) is 27.6 Å². The van der Waals surface area contributed by atoms with Gasteiger partial charge in [0, 0.05) is 0 Å². The second-order valence-electron chi connectivity index (χ2n) is 7.22. The maximum Gasteiger partial charge on any atom is 0.320 e. The summed E-state index contributed by atoms with van der Waals surface area (Å²) in [7, 11) is 3.19. The minimum Gasteiger partial charge on any atom is -0.493 e. The highest BCUT2D eigenvalue weighted by Crippen LogP contribution is 2.41. The lowest BCUT2D eigenvalue weighted by Gasteiger charge is -2.39. The number of hydrogen-bond acceptors (Lipinski definition) is 6. The first kappa shape index (κ1) is 19.4. The number of likely N-dealkylation sites (tertiary alicyclic amines) is 1. The summed E-state index contributed by atoms with van der Waals surface area (Å²) < 4.78 is 21.9. The molecule has 0 spiro atoms. The Hall–Kier alpha value is -2.93. The molecule has 0 saturated carbocycles. The second-order valence-corrected chi connectivity index (χ2v) is 7.22. The summed E-state index contributed by atoms with van der Waals surface area (Å²) in [6.45, 7) is 0.895. The second kappa shape index (κ2) is 8.21. The molecule has 154 valence electrons. The van der Waals surface area contributed by atoms with Crippen molar-refractivity contribution in [3.63, 3.8) is 0 Å². The van der Waals surface area contributed by atoms with Crippen LogP contribution in [0, 0.1) is 0 Å². The number of hydrogen-bond donors (Lipinski definition) is 1. The molecule has 1 fully saturated rings. The molecule has 0 amide bonds. The fourth-order valence-corrected chi connectivity index (χ4v) is 4.21. The highest BCUT2D eigenvalue weighted by molar-refractivity contribution is 5.73. The van der Waals surface area contributed by atoms with E-state index in [1.165, 1.54) is 0 Å². The molecule has 0 bridgehead atoms. The van der Waals surface area contributed by atoms with Crippen LogP contribution in [0.15, 0.2) is 36.4 Å². The van der Waals surface area contributed by atoms with Crippen LogP contribution in [-0.2, 0) is 4.79 Å². The zero-order valence-electron chi connectivity index (χ0n) is 16.6. The summed E-state index contributed by atoms with van der Waals surface area (Å²) in [4.78, 5) is 14.1. The maximum atomic E-state index is 12.0. The number of rotatable bonds is 6. The Kier molecular flexibility index (Phi) is 5.49. The van der Waals surface area contributed by atoms with Crippen molar-refractivity contribution in [1.82, 2.24) is 4.90 Å². The number of carboxylic acids is 1. The lowest BCUT2D eigenvalue weighted by Crippen LogP contribution is -2.46. The number of benzene rings is 2. The van der Waals surface area contributed by atoms with E-state index >= 15 is 0 Å². The normalized spacial score (nSPS) is 19.6. The molecule has 0 aliphatic carbocycles. The topological polar surface area (TPSA) is 77.5 Å². The van der Waals surface area contributed by atoms with Gasteiger partial charge >= 0.3 is 5.97 Å². The van der Waals surface area contributed by atoms with E-state index in [-0.39, 0.29) is 12.8 Å². The number of nitrogens with zero attached hydrogens (tertiary/aromatic N) is 1. The molecule has 2 aromatic rings. The summed E-state index contributed by atoms with van der Waals surface area (Å²) in [6.07, 6.45) is 2.50. The number of fused-ring (bicyclic) bond motifs is 1. The Labute approximate surface area is 169 Å². The molecular formula is C22H25NO6. The van der Waals surface area contributed by atoms with Gasteiger partial charge in [0.1, 0.15) is 6.04 Å². The SMILES string of the molecule is COc1ccc(C(c2ccc3c(c2)OCO3)N2CCCCC2C(=O)O)cc1OC. The Morgan fingerprint density at radius 3 is 2.52 bits per heavy atom. The van der Waals surface area contributed by atoms with Gasteiger partial charge in [0.15, 0.2) is 23.0 Å². The largest absolute Gasteiger partial charge is 0.493 e. The van der Waals surface area contributed by atoms with Crippen LogP contribution >= 0.6 is 0 Å². The maximum absolute atomic E-state index is 12.0. The van der Waals surface area contributed by atoms with Crippen LogP contribution in [0.1, 0.15) is 36.4 Å². The highest BCUT2D eigenvalue weighted by Gasteiger charge is 2.36. The van der Waals surface area contributed by atoms with E-state index in [9.17, 15) is 9.90 Å². The summed E-state index contributed by atoms with van der Waals surface area (Å²) in [5.41, 5.74) is 1.89. The van der Waals surface area contributed by atoms with Crippen molar-refractivity contribution >= 4 is 5.97 Å². The van der Waals surface area contributed by atoms with Crippen molar-refractivity contribution in [2.45, 2.75) is 31.3 Å². The highest BCUT2D eigenvalue weighted by atomic mass is 16.7. The van der Waals surface area contributed by atoms with Crippen LogP contribution in [0.25, 0.3) is 0 Å². The third-order valence-electron chi connectivity index (χ3n) is 5.60. The van der Waals surface area contributed by atoms with E-state index in [4.69, 9.17) is 18.9 Å².